The van der Waals surface area contributed by atoms with E-state index in [1.807, 2.05) is 6.07 Å². The van der Waals surface area contributed by atoms with Gasteiger partial charge < -0.3 is 5.73 Å². The summed E-state index contributed by atoms with van der Waals surface area (Å²) in [5.74, 6) is -0.101. The molecule has 0 spiro atoms. The molecule has 2 heteroatoms. The van der Waals surface area contributed by atoms with E-state index in [-0.39, 0.29) is 11.2 Å². The highest BCUT2D eigenvalue weighted by Crippen LogP contribution is 2.38. The van der Waals surface area contributed by atoms with Crippen LogP contribution in [0.2, 0.25) is 0 Å². The van der Waals surface area contributed by atoms with Gasteiger partial charge in [-0.05, 0) is 37.0 Å². The molecule has 88 valence electrons. The van der Waals surface area contributed by atoms with E-state index in [1.54, 1.807) is 13.0 Å². The van der Waals surface area contributed by atoms with Crippen molar-refractivity contribution >= 4 is 0 Å². The normalized spacial score (nSPS) is 19.7. The largest absolute Gasteiger partial charge is 0.330 e. The molecular weight excluding hydrogens is 201 g/mol. The molecule has 1 saturated carbocycles. The first-order valence-corrected chi connectivity index (χ1v) is 6.15. The summed E-state index contributed by atoms with van der Waals surface area (Å²) in [4.78, 5) is 0. The van der Waals surface area contributed by atoms with Gasteiger partial charge in [0.1, 0.15) is 5.82 Å². The maximum absolute atomic E-state index is 13.6. The van der Waals surface area contributed by atoms with E-state index >= 15 is 0 Å². The lowest BCUT2D eigenvalue weighted by Gasteiger charge is -2.37. The van der Waals surface area contributed by atoms with E-state index in [0.717, 1.165) is 18.4 Å². The van der Waals surface area contributed by atoms with Crippen LogP contribution in [0.25, 0.3) is 0 Å². The fraction of sp³-hybridized carbons (Fsp3) is 0.571. The fourth-order valence-corrected chi connectivity index (χ4v) is 2.76. The third-order valence-corrected chi connectivity index (χ3v) is 3.99. The summed E-state index contributed by atoms with van der Waals surface area (Å²) in [7, 11) is 0. The average molecular weight is 221 g/mol. The Morgan fingerprint density at radius 3 is 2.50 bits per heavy atom. The van der Waals surface area contributed by atoms with Crippen LogP contribution in [0.1, 0.15) is 43.2 Å². The van der Waals surface area contributed by atoms with E-state index in [0.29, 0.717) is 12.1 Å². The van der Waals surface area contributed by atoms with Crippen LogP contribution in [0, 0.1) is 12.7 Å². The Hall–Kier alpha value is -0.890. The molecule has 0 heterocycles. The van der Waals surface area contributed by atoms with Gasteiger partial charge in [0.05, 0.1) is 0 Å². The Labute approximate surface area is 96.9 Å². The average Bonchev–Trinajstić information content (AvgIpc) is 2.33. The van der Waals surface area contributed by atoms with Gasteiger partial charge >= 0.3 is 0 Å². The number of hydrogen-bond donors (Lipinski definition) is 1. The van der Waals surface area contributed by atoms with Crippen molar-refractivity contribution in [3.05, 3.63) is 35.1 Å². The molecule has 0 aliphatic heterocycles. The number of benzene rings is 1. The van der Waals surface area contributed by atoms with Crippen molar-refractivity contribution < 1.29 is 4.39 Å². The number of hydrogen-bond acceptors (Lipinski definition) is 1. The van der Waals surface area contributed by atoms with Gasteiger partial charge in [0.25, 0.3) is 0 Å². The zero-order chi connectivity index (χ0) is 11.6. The summed E-state index contributed by atoms with van der Waals surface area (Å²) in [6, 6.07) is 5.61. The number of halogens is 1. The molecular formula is C14H20FN. The first kappa shape index (κ1) is 11.6. The molecule has 2 N–H and O–H groups in total. The van der Waals surface area contributed by atoms with Crippen molar-refractivity contribution in [3.63, 3.8) is 0 Å². The van der Waals surface area contributed by atoms with Gasteiger partial charge in [0.2, 0.25) is 0 Å². The number of aryl methyl sites for hydroxylation is 1. The molecule has 0 atom stereocenters. The highest BCUT2D eigenvalue weighted by molar-refractivity contribution is 5.31. The summed E-state index contributed by atoms with van der Waals surface area (Å²) in [5, 5.41) is 0. The zero-order valence-electron chi connectivity index (χ0n) is 9.93. The molecule has 0 radical (unpaired) electrons. The van der Waals surface area contributed by atoms with Gasteiger partial charge in [-0.2, -0.15) is 0 Å². The standard InChI is InChI=1S/C14H20FN/c1-11-5-6-12(9-13(11)15)14(10-16)7-3-2-4-8-14/h5-6,9H,2-4,7-8,10,16H2,1H3. The van der Waals surface area contributed by atoms with Crippen molar-refractivity contribution in [2.75, 3.05) is 6.54 Å². The Morgan fingerprint density at radius 2 is 1.94 bits per heavy atom. The maximum atomic E-state index is 13.6. The fourth-order valence-electron chi connectivity index (χ4n) is 2.76. The summed E-state index contributed by atoms with van der Waals surface area (Å²) in [5.41, 5.74) is 7.78. The monoisotopic (exact) mass is 221 g/mol. The van der Waals surface area contributed by atoms with E-state index in [4.69, 9.17) is 5.73 Å². The van der Waals surface area contributed by atoms with Crippen molar-refractivity contribution in [3.8, 4) is 0 Å². The lowest BCUT2D eigenvalue weighted by Crippen LogP contribution is -2.37. The lowest BCUT2D eigenvalue weighted by molar-refractivity contribution is 0.300. The van der Waals surface area contributed by atoms with Crippen molar-refractivity contribution in [2.24, 2.45) is 5.73 Å². The van der Waals surface area contributed by atoms with Gasteiger partial charge in [-0.15, -0.1) is 0 Å². The van der Waals surface area contributed by atoms with Crippen LogP contribution in [0.3, 0.4) is 0 Å². The molecule has 2 rings (SSSR count). The zero-order valence-corrected chi connectivity index (χ0v) is 9.93. The highest BCUT2D eigenvalue weighted by atomic mass is 19.1. The second-order valence-electron chi connectivity index (χ2n) is 5.01. The number of nitrogens with two attached hydrogens (primary N) is 1. The van der Waals surface area contributed by atoms with Gasteiger partial charge in [0.15, 0.2) is 0 Å². The SMILES string of the molecule is Cc1ccc(C2(CN)CCCCC2)cc1F. The van der Waals surface area contributed by atoms with Crippen LogP contribution in [0.5, 0.6) is 0 Å². The van der Waals surface area contributed by atoms with Crippen LogP contribution in [-0.2, 0) is 5.41 Å². The minimum Gasteiger partial charge on any atom is -0.330 e. The van der Waals surface area contributed by atoms with Gasteiger partial charge in [-0.25, -0.2) is 4.39 Å². The van der Waals surface area contributed by atoms with Gasteiger partial charge in [-0.1, -0.05) is 31.4 Å². The Kier molecular flexibility index (Phi) is 3.29. The van der Waals surface area contributed by atoms with Crippen LogP contribution < -0.4 is 5.73 Å². The second-order valence-corrected chi connectivity index (χ2v) is 5.01. The molecule has 1 fully saturated rings. The second kappa shape index (κ2) is 4.54. The third-order valence-electron chi connectivity index (χ3n) is 3.99. The van der Waals surface area contributed by atoms with Crippen LogP contribution in [-0.4, -0.2) is 6.54 Å². The highest BCUT2D eigenvalue weighted by Gasteiger charge is 2.32. The molecule has 0 aromatic heterocycles. The smallest absolute Gasteiger partial charge is 0.126 e. The van der Waals surface area contributed by atoms with E-state index in [2.05, 4.69) is 6.07 Å². The predicted octanol–water partition coefficient (Wildman–Crippen LogP) is 3.29. The van der Waals surface area contributed by atoms with Gasteiger partial charge in [0, 0.05) is 12.0 Å². The minimum absolute atomic E-state index is 0.0345. The number of rotatable bonds is 2. The molecule has 0 unspecified atom stereocenters. The molecule has 1 aromatic carbocycles. The van der Waals surface area contributed by atoms with Crippen molar-refractivity contribution in [1.82, 2.24) is 0 Å². The quantitative estimate of drug-likeness (QED) is 0.814. The summed E-state index contributed by atoms with van der Waals surface area (Å²) in [6.45, 7) is 2.44. The molecule has 1 nitrogen and oxygen atoms in total. The Bertz CT molecular complexity index is 367. The Balaban J connectivity index is 2.35. The van der Waals surface area contributed by atoms with Crippen molar-refractivity contribution in [1.29, 1.82) is 0 Å². The topological polar surface area (TPSA) is 26.0 Å². The molecule has 0 bridgehead atoms. The van der Waals surface area contributed by atoms with E-state index in [9.17, 15) is 4.39 Å². The molecule has 0 saturated heterocycles. The minimum atomic E-state index is -0.101. The van der Waals surface area contributed by atoms with Crippen molar-refractivity contribution in [2.45, 2.75) is 44.4 Å². The third kappa shape index (κ3) is 1.99. The Morgan fingerprint density at radius 1 is 1.25 bits per heavy atom. The summed E-state index contributed by atoms with van der Waals surface area (Å²) in [6.07, 6.45) is 5.92. The summed E-state index contributed by atoms with van der Waals surface area (Å²) < 4.78 is 13.6. The van der Waals surface area contributed by atoms with Gasteiger partial charge in [-0.3, -0.25) is 0 Å². The first-order chi connectivity index (χ1) is 7.68. The van der Waals surface area contributed by atoms with Crippen LogP contribution >= 0.6 is 0 Å². The van der Waals surface area contributed by atoms with E-state index in [1.165, 1.54) is 19.3 Å². The molecule has 16 heavy (non-hydrogen) atoms. The summed E-state index contributed by atoms with van der Waals surface area (Å²) >= 11 is 0. The molecule has 1 aromatic rings. The molecule has 1 aliphatic rings. The predicted molar refractivity (Wildman–Crippen MR) is 65.0 cm³/mol. The van der Waals surface area contributed by atoms with E-state index < -0.39 is 0 Å². The molecule has 1 aliphatic carbocycles. The van der Waals surface area contributed by atoms with Crippen LogP contribution in [0.15, 0.2) is 18.2 Å². The lowest BCUT2D eigenvalue weighted by atomic mass is 9.69. The molecule has 0 amide bonds. The maximum Gasteiger partial charge on any atom is 0.126 e. The first-order valence-electron chi connectivity index (χ1n) is 6.15. The van der Waals surface area contributed by atoms with Crippen LogP contribution in [0.4, 0.5) is 4.39 Å².